The molecule has 3 heteroatoms. The molecule has 0 bridgehead atoms. The molecule has 1 atom stereocenters. The number of amides is 1. The second-order valence-corrected chi connectivity index (χ2v) is 3.50. The lowest BCUT2D eigenvalue weighted by Gasteiger charge is -2.13. The molecule has 1 aliphatic rings. The molecule has 1 fully saturated rings. The van der Waals surface area contributed by atoms with Crippen LogP contribution in [0.2, 0.25) is 0 Å². The van der Waals surface area contributed by atoms with E-state index in [1.165, 1.54) is 0 Å². The molecule has 1 aliphatic heterocycles. The largest absolute Gasteiger partial charge is 0.369 e. The minimum Gasteiger partial charge on any atom is -0.369 e. The SMILES string of the molecule is C#CCCCN1CCC(C(N)=O)C1. The van der Waals surface area contributed by atoms with Gasteiger partial charge in [-0.2, -0.15) is 0 Å². The number of carbonyl (C=O) groups is 1. The fraction of sp³-hybridized carbons (Fsp3) is 0.700. The van der Waals surface area contributed by atoms with Gasteiger partial charge in [-0.3, -0.25) is 4.79 Å². The van der Waals surface area contributed by atoms with Crippen LogP contribution in [0.3, 0.4) is 0 Å². The van der Waals surface area contributed by atoms with Crippen molar-refractivity contribution in [3.05, 3.63) is 0 Å². The molecule has 1 heterocycles. The van der Waals surface area contributed by atoms with Crippen molar-refractivity contribution in [3.63, 3.8) is 0 Å². The Hall–Kier alpha value is -1.01. The zero-order chi connectivity index (χ0) is 9.68. The molecule has 1 amide bonds. The molecule has 0 saturated carbocycles. The smallest absolute Gasteiger partial charge is 0.221 e. The second-order valence-electron chi connectivity index (χ2n) is 3.50. The first-order valence-electron chi connectivity index (χ1n) is 4.69. The number of hydrogen-bond acceptors (Lipinski definition) is 2. The quantitative estimate of drug-likeness (QED) is 0.496. The molecule has 13 heavy (non-hydrogen) atoms. The Bertz CT molecular complexity index is 219. The van der Waals surface area contributed by atoms with Gasteiger partial charge in [0, 0.05) is 13.0 Å². The van der Waals surface area contributed by atoms with Crippen molar-refractivity contribution in [1.29, 1.82) is 0 Å². The lowest BCUT2D eigenvalue weighted by Crippen LogP contribution is -2.27. The fourth-order valence-electron chi connectivity index (χ4n) is 1.67. The number of terminal acetylenes is 1. The molecule has 72 valence electrons. The summed E-state index contributed by atoms with van der Waals surface area (Å²) in [5.41, 5.74) is 5.22. The molecule has 3 nitrogen and oxygen atoms in total. The molecule has 0 aliphatic carbocycles. The molecule has 1 rings (SSSR count). The highest BCUT2D eigenvalue weighted by atomic mass is 16.1. The minimum absolute atomic E-state index is 0.0610. The van der Waals surface area contributed by atoms with Crippen LogP contribution in [-0.4, -0.2) is 30.4 Å². The van der Waals surface area contributed by atoms with Crippen molar-refractivity contribution in [2.75, 3.05) is 19.6 Å². The number of nitrogens with two attached hydrogens (primary N) is 1. The molecular formula is C10H16N2O. The maximum absolute atomic E-state index is 10.8. The molecular weight excluding hydrogens is 164 g/mol. The van der Waals surface area contributed by atoms with Gasteiger partial charge in [0.15, 0.2) is 0 Å². The van der Waals surface area contributed by atoms with Crippen molar-refractivity contribution in [1.82, 2.24) is 4.90 Å². The van der Waals surface area contributed by atoms with E-state index in [-0.39, 0.29) is 11.8 Å². The highest BCUT2D eigenvalue weighted by Crippen LogP contribution is 2.15. The van der Waals surface area contributed by atoms with Crippen LogP contribution >= 0.6 is 0 Å². The third kappa shape index (κ3) is 3.08. The Morgan fingerprint density at radius 2 is 2.46 bits per heavy atom. The third-order valence-corrected chi connectivity index (χ3v) is 2.47. The molecule has 0 aromatic carbocycles. The normalized spacial score (nSPS) is 22.8. The van der Waals surface area contributed by atoms with Crippen LogP contribution in [-0.2, 0) is 4.79 Å². The van der Waals surface area contributed by atoms with E-state index in [0.29, 0.717) is 0 Å². The van der Waals surface area contributed by atoms with E-state index < -0.39 is 0 Å². The molecule has 0 aromatic heterocycles. The van der Waals surface area contributed by atoms with Crippen molar-refractivity contribution >= 4 is 5.91 Å². The number of carbonyl (C=O) groups excluding carboxylic acids is 1. The molecule has 2 N–H and O–H groups in total. The first kappa shape index (κ1) is 10.1. The summed E-state index contributed by atoms with van der Waals surface area (Å²) in [7, 11) is 0. The van der Waals surface area contributed by atoms with E-state index in [2.05, 4.69) is 10.8 Å². The Morgan fingerprint density at radius 1 is 1.69 bits per heavy atom. The topological polar surface area (TPSA) is 46.3 Å². The van der Waals surface area contributed by atoms with Crippen molar-refractivity contribution in [2.45, 2.75) is 19.3 Å². The van der Waals surface area contributed by atoms with Gasteiger partial charge >= 0.3 is 0 Å². The number of primary amides is 1. The zero-order valence-corrected chi connectivity index (χ0v) is 7.83. The van der Waals surface area contributed by atoms with Crippen LogP contribution in [0.15, 0.2) is 0 Å². The average Bonchev–Trinajstić information content (AvgIpc) is 2.53. The maximum Gasteiger partial charge on any atom is 0.221 e. The van der Waals surface area contributed by atoms with Crippen LogP contribution < -0.4 is 5.73 Å². The van der Waals surface area contributed by atoms with Crippen molar-refractivity contribution in [2.24, 2.45) is 11.7 Å². The zero-order valence-electron chi connectivity index (χ0n) is 7.83. The number of unbranched alkanes of at least 4 members (excludes halogenated alkanes) is 1. The van der Waals surface area contributed by atoms with Gasteiger partial charge in [-0.15, -0.1) is 12.3 Å². The van der Waals surface area contributed by atoms with Gasteiger partial charge in [-0.1, -0.05) is 0 Å². The van der Waals surface area contributed by atoms with Crippen LogP contribution in [0.25, 0.3) is 0 Å². The summed E-state index contributed by atoms with van der Waals surface area (Å²) in [4.78, 5) is 13.1. The van der Waals surface area contributed by atoms with Crippen molar-refractivity contribution < 1.29 is 4.79 Å². The molecule has 0 spiro atoms. The van der Waals surface area contributed by atoms with E-state index in [1.54, 1.807) is 0 Å². The van der Waals surface area contributed by atoms with E-state index in [1.807, 2.05) is 0 Å². The third-order valence-electron chi connectivity index (χ3n) is 2.47. The Kier molecular flexibility index (Phi) is 3.78. The van der Waals surface area contributed by atoms with Gasteiger partial charge in [-0.25, -0.2) is 0 Å². The molecule has 0 radical (unpaired) electrons. The molecule has 0 aromatic rings. The molecule has 1 saturated heterocycles. The van der Waals surface area contributed by atoms with E-state index in [9.17, 15) is 4.79 Å². The highest BCUT2D eigenvalue weighted by Gasteiger charge is 2.25. The molecule has 1 unspecified atom stereocenters. The highest BCUT2D eigenvalue weighted by molar-refractivity contribution is 5.77. The second kappa shape index (κ2) is 4.88. The predicted molar refractivity (Wildman–Crippen MR) is 51.8 cm³/mol. The monoisotopic (exact) mass is 180 g/mol. The minimum atomic E-state index is -0.167. The van der Waals surface area contributed by atoms with Gasteiger partial charge in [0.1, 0.15) is 0 Å². The van der Waals surface area contributed by atoms with Crippen LogP contribution in [0.5, 0.6) is 0 Å². The first-order chi connectivity index (χ1) is 6.24. The van der Waals surface area contributed by atoms with Gasteiger partial charge in [-0.05, 0) is 25.9 Å². The van der Waals surface area contributed by atoms with Crippen LogP contribution in [0.1, 0.15) is 19.3 Å². The summed E-state index contributed by atoms with van der Waals surface area (Å²) in [6, 6.07) is 0. The summed E-state index contributed by atoms with van der Waals surface area (Å²) in [5, 5.41) is 0. The standard InChI is InChI=1S/C10H16N2O/c1-2-3-4-6-12-7-5-9(8-12)10(11)13/h1,9H,3-8H2,(H2,11,13). The lowest BCUT2D eigenvalue weighted by atomic mass is 10.1. The van der Waals surface area contributed by atoms with E-state index >= 15 is 0 Å². The van der Waals surface area contributed by atoms with E-state index in [4.69, 9.17) is 12.2 Å². The summed E-state index contributed by atoms with van der Waals surface area (Å²) in [6.07, 6.45) is 7.89. The predicted octanol–water partition coefficient (Wildman–Crippen LogP) is 0.207. The maximum atomic E-state index is 10.8. The number of nitrogens with zero attached hydrogens (tertiary/aromatic N) is 1. The number of likely N-dealkylation sites (tertiary alicyclic amines) is 1. The number of hydrogen-bond donors (Lipinski definition) is 1. The fourth-order valence-corrected chi connectivity index (χ4v) is 1.67. The Balaban J connectivity index is 2.18. The van der Waals surface area contributed by atoms with Crippen molar-refractivity contribution in [3.8, 4) is 12.3 Å². The summed E-state index contributed by atoms with van der Waals surface area (Å²) >= 11 is 0. The van der Waals surface area contributed by atoms with Crippen LogP contribution in [0.4, 0.5) is 0 Å². The van der Waals surface area contributed by atoms with Gasteiger partial charge in [0.2, 0.25) is 5.91 Å². The average molecular weight is 180 g/mol. The summed E-state index contributed by atoms with van der Waals surface area (Å²) < 4.78 is 0. The lowest BCUT2D eigenvalue weighted by molar-refractivity contribution is -0.121. The van der Waals surface area contributed by atoms with E-state index in [0.717, 1.165) is 38.9 Å². The van der Waals surface area contributed by atoms with Crippen LogP contribution in [0, 0.1) is 18.3 Å². The van der Waals surface area contributed by atoms with Gasteiger partial charge in [0.05, 0.1) is 5.92 Å². The van der Waals surface area contributed by atoms with Gasteiger partial charge < -0.3 is 10.6 Å². The number of rotatable bonds is 4. The summed E-state index contributed by atoms with van der Waals surface area (Å²) in [5.74, 6) is 2.50. The Labute approximate surface area is 79.3 Å². The van der Waals surface area contributed by atoms with Gasteiger partial charge in [0.25, 0.3) is 0 Å². The Morgan fingerprint density at radius 3 is 3.00 bits per heavy atom. The summed E-state index contributed by atoms with van der Waals surface area (Å²) in [6.45, 7) is 2.80. The first-order valence-corrected chi connectivity index (χ1v) is 4.69.